The van der Waals surface area contributed by atoms with Crippen LogP contribution >= 0.6 is 11.3 Å². The molecule has 146 valence electrons. The Morgan fingerprint density at radius 3 is 2.70 bits per heavy atom. The maximum atomic E-state index is 12.5. The zero-order chi connectivity index (χ0) is 20.3. The van der Waals surface area contributed by atoms with Crippen LogP contribution in [0, 0.1) is 0 Å². The van der Waals surface area contributed by atoms with Crippen LogP contribution in [0.2, 0.25) is 0 Å². The van der Waals surface area contributed by atoms with E-state index < -0.39 is 0 Å². The molecule has 3 heterocycles. The van der Waals surface area contributed by atoms with Crippen molar-refractivity contribution < 1.29 is 9.32 Å². The number of benzene rings is 2. The highest BCUT2D eigenvalue weighted by Gasteiger charge is 2.14. The Morgan fingerprint density at radius 2 is 1.90 bits per heavy atom. The van der Waals surface area contributed by atoms with Gasteiger partial charge in [-0.2, -0.15) is 0 Å². The lowest BCUT2D eigenvalue weighted by atomic mass is 10.1. The normalized spacial score (nSPS) is 10.9. The average molecular weight is 412 g/mol. The van der Waals surface area contributed by atoms with Crippen LogP contribution in [0.5, 0.6) is 0 Å². The summed E-state index contributed by atoms with van der Waals surface area (Å²) in [5.74, 6) is 0.173. The van der Waals surface area contributed by atoms with Gasteiger partial charge >= 0.3 is 0 Å². The molecular formula is C23H16N4O2S. The molecule has 0 radical (unpaired) electrons. The van der Waals surface area contributed by atoms with E-state index in [4.69, 9.17) is 4.52 Å². The fourth-order valence-corrected chi connectivity index (χ4v) is 4.10. The van der Waals surface area contributed by atoms with E-state index in [1.165, 1.54) is 4.70 Å². The van der Waals surface area contributed by atoms with E-state index in [0.717, 1.165) is 28.1 Å². The van der Waals surface area contributed by atoms with Crippen molar-refractivity contribution >= 4 is 33.1 Å². The SMILES string of the molecule is O=C(Nc1ccc(Cc2nc3ccccc3s2)cc1)c1cc(-c2cccnc2)on1. The smallest absolute Gasteiger partial charge is 0.277 e. The third kappa shape index (κ3) is 3.83. The number of fused-ring (bicyclic) bond motifs is 1. The number of hydrogen-bond acceptors (Lipinski definition) is 6. The Kier molecular flexibility index (Phi) is 4.78. The third-order valence-electron chi connectivity index (χ3n) is 4.59. The molecule has 0 saturated heterocycles. The molecule has 6 nitrogen and oxygen atoms in total. The molecule has 0 spiro atoms. The highest BCUT2D eigenvalue weighted by Crippen LogP contribution is 2.24. The number of rotatable bonds is 5. The molecule has 0 aliphatic rings. The summed E-state index contributed by atoms with van der Waals surface area (Å²) in [6.45, 7) is 0. The molecule has 0 bridgehead atoms. The van der Waals surface area contributed by atoms with E-state index in [2.05, 4.69) is 26.5 Å². The largest absolute Gasteiger partial charge is 0.355 e. The highest BCUT2D eigenvalue weighted by atomic mass is 32.1. The molecule has 0 atom stereocenters. The molecule has 0 saturated carbocycles. The van der Waals surface area contributed by atoms with Gasteiger partial charge in [-0.15, -0.1) is 11.3 Å². The summed E-state index contributed by atoms with van der Waals surface area (Å²) in [6.07, 6.45) is 4.09. The van der Waals surface area contributed by atoms with Crippen molar-refractivity contribution in [2.75, 3.05) is 5.32 Å². The molecule has 30 heavy (non-hydrogen) atoms. The van der Waals surface area contributed by atoms with Gasteiger partial charge in [-0.3, -0.25) is 9.78 Å². The Bertz CT molecular complexity index is 1280. The summed E-state index contributed by atoms with van der Waals surface area (Å²) >= 11 is 1.70. The van der Waals surface area contributed by atoms with Crippen molar-refractivity contribution in [1.82, 2.24) is 15.1 Å². The first kappa shape index (κ1) is 18.2. The van der Waals surface area contributed by atoms with Gasteiger partial charge in [0.1, 0.15) is 0 Å². The van der Waals surface area contributed by atoms with Crippen molar-refractivity contribution in [2.24, 2.45) is 0 Å². The van der Waals surface area contributed by atoms with Gasteiger partial charge in [0, 0.05) is 36.1 Å². The lowest BCUT2D eigenvalue weighted by Gasteiger charge is -2.04. The van der Waals surface area contributed by atoms with Crippen LogP contribution in [0.15, 0.2) is 83.6 Å². The van der Waals surface area contributed by atoms with Gasteiger partial charge in [0.15, 0.2) is 11.5 Å². The molecule has 0 aliphatic carbocycles. The van der Waals surface area contributed by atoms with Gasteiger partial charge in [-0.1, -0.05) is 29.4 Å². The van der Waals surface area contributed by atoms with Crippen LogP contribution in [0.1, 0.15) is 21.1 Å². The number of thiazole rings is 1. The van der Waals surface area contributed by atoms with Crippen LogP contribution in [-0.2, 0) is 6.42 Å². The Labute approximate surface area is 176 Å². The molecule has 1 N–H and O–H groups in total. The average Bonchev–Trinajstić information content (AvgIpc) is 3.43. The molecular weight excluding hydrogens is 396 g/mol. The second kappa shape index (κ2) is 7.88. The fraction of sp³-hybridized carbons (Fsp3) is 0.0435. The summed E-state index contributed by atoms with van der Waals surface area (Å²) in [4.78, 5) is 21.2. The second-order valence-electron chi connectivity index (χ2n) is 6.72. The Balaban J connectivity index is 1.25. The van der Waals surface area contributed by atoms with Crippen molar-refractivity contribution in [1.29, 1.82) is 0 Å². The number of anilines is 1. The molecule has 5 rings (SSSR count). The predicted octanol–water partition coefficient (Wildman–Crippen LogP) is 5.19. The number of amides is 1. The lowest BCUT2D eigenvalue weighted by molar-refractivity contribution is 0.101. The van der Waals surface area contributed by atoms with Gasteiger partial charge < -0.3 is 9.84 Å². The predicted molar refractivity (Wildman–Crippen MR) is 117 cm³/mol. The fourth-order valence-electron chi connectivity index (χ4n) is 3.10. The standard InChI is InChI=1S/C23H16N4O2S/c28-23(19-13-20(29-27-19)16-4-3-11-24-14-16)25-17-9-7-15(8-10-17)12-22-26-18-5-1-2-6-21(18)30-22/h1-11,13-14H,12H2,(H,25,28). The maximum absolute atomic E-state index is 12.5. The molecule has 0 fully saturated rings. The van der Waals surface area contributed by atoms with Gasteiger partial charge in [0.25, 0.3) is 5.91 Å². The van der Waals surface area contributed by atoms with E-state index in [1.807, 2.05) is 48.5 Å². The van der Waals surface area contributed by atoms with Gasteiger partial charge in [0.2, 0.25) is 0 Å². The number of aromatic nitrogens is 3. The first-order chi connectivity index (χ1) is 14.7. The van der Waals surface area contributed by atoms with Crippen LogP contribution in [-0.4, -0.2) is 21.0 Å². The Morgan fingerprint density at radius 1 is 1.03 bits per heavy atom. The lowest BCUT2D eigenvalue weighted by Crippen LogP contribution is -2.12. The summed E-state index contributed by atoms with van der Waals surface area (Å²) < 4.78 is 6.45. The molecule has 3 aromatic heterocycles. The molecule has 0 aliphatic heterocycles. The van der Waals surface area contributed by atoms with Crippen LogP contribution in [0.4, 0.5) is 5.69 Å². The van der Waals surface area contributed by atoms with Crippen molar-refractivity contribution in [3.05, 3.63) is 95.4 Å². The summed E-state index contributed by atoms with van der Waals surface area (Å²) in [6, 6.07) is 21.1. The summed E-state index contributed by atoms with van der Waals surface area (Å²) in [5.41, 5.74) is 3.83. The highest BCUT2D eigenvalue weighted by molar-refractivity contribution is 7.18. The summed E-state index contributed by atoms with van der Waals surface area (Å²) in [7, 11) is 0. The third-order valence-corrected chi connectivity index (χ3v) is 5.63. The minimum Gasteiger partial charge on any atom is -0.355 e. The van der Waals surface area contributed by atoms with Crippen molar-refractivity contribution in [2.45, 2.75) is 6.42 Å². The Hall–Kier alpha value is -3.84. The van der Waals surface area contributed by atoms with E-state index in [9.17, 15) is 4.79 Å². The van der Waals surface area contributed by atoms with Crippen LogP contribution in [0.3, 0.4) is 0 Å². The van der Waals surface area contributed by atoms with Gasteiger partial charge in [-0.05, 0) is 42.0 Å². The number of carbonyl (C=O) groups is 1. The maximum Gasteiger partial charge on any atom is 0.277 e. The second-order valence-corrected chi connectivity index (χ2v) is 7.84. The van der Waals surface area contributed by atoms with Crippen LogP contribution < -0.4 is 5.32 Å². The van der Waals surface area contributed by atoms with Gasteiger partial charge in [-0.25, -0.2) is 4.98 Å². The minimum atomic E-state index is -0.326. The zero-order valence-corrected chi connectivity index (χ0v) is 16.6. The molecule has 1 amide bonds. The van der Waals surface area contributed by atoms with E-state index in [0.29, 0.717) is 11.4 Å². The molecule has 2 aromatic carbocycles. The topological polar surface area (TPSA) is 80.9 Å². The number of nitrogens with zero attached hydrogens (tertiary/aromatic N) is 3. The first-order valence-corrected chi connectivity index (χ1v) is 10.2. The van der Waals surface area contributed by atoms with E-state index in [-0.39, 0.29) is 11.6 Å². The number of carbonyl (C=O) groups excluding carboxylic acids is 1. The van der Waals surface area contributed by atoms with Crippen molar-refractivity contribution in [3.8, 4) is 11.3 Å². The number of hydrogen-bond donors (Lipinski definition) is 1. The monoisotopic (exact) mass is 412 g/mol. The van der Waals surface area contributed by atoms with Crippen LogP contribution in [0.25, 0.3) is 21.5 Å². The number of pyridine rings is 1. The quantitative estimate of drug-likeness (QED) is 0.430. The van der Waals surface area contributed by atoms with E-state index in [1.54, 1.807) is 35.9 Å². The number of nitrogens with one attached hydrogen (secondary N) is 1. The number of para-hydroxylation sites is 1. The molecule has 5 aromatic rings. The zero-order valence-electron chi connectivity index (χ0n) is 15.8. The van der Waals surface area contributed by atoms with E-state index >= 15 is 0 Å². The molecule has 0 unspecified atom stereocenters. The van der Waals surface area contributed by atoms with Gasteiger partial charge in [0.05, 0.1) is 15.2 Å². The summed E-state index contributed by atoms with van der Waals surface area (Å²) in [5, 5.41) is 7.77. The first-order valence-electron chi connectivity index (χ1n) is 9.36. The minimum absolute atomic E-state index is 0.215. The molecule has 7 heteroatoms. The van der Waals surface area contributed by atoms with Crippen molar-refractivity contribution in [3.63, 3.8) is 0 Å².